The van der Waals surface area contributed by atoms with E-state index in [1.165, 1.54) is 0 Å². The molecule has 0 amide bonds. The largest absolute Gasteiger partial charge is 0.393 e. The minimum absolute atomic E-state index is 0.191. The third kappa shape index (κ3) is 1.93. The van der Waals surface area contributed by atoms with Crippen LogP contribution in [0.5, 0.6) is 0 Å². The lowest BCUT2D eigenvalue weighted by Gasteiger charge is -2.15. The van der Waals surface area contributed by atoms with Gasteiger partial charge in [-0.1, -0.05) is 6.42 Å². The van der Waals surface area contributed by atoms with Gasteiger partial charge in [-0.25, -0.2) is 0 Å². The summed E-state index contributed by atoms with van der Waals surface area (Å²) >= 11 is 0. The molecule has 1 fully saturated rings. The molecule has 7 heteroatoms. The van der Waals surface area contributed by atoms with Gasteiger partial charge in [0.1, 0.15) is 5.82 Å². The molecule has 7 nitrogen and oxygen atoms in total. The van der Waals surface area contributed by atoms with E-state index in [-0.39, 0.29) is 6.10 Å². The smallest absolute Gasteiger partial charge is 0.199 e. The first-order valence-corrected chi connectivity index (χ1v) is 5.78. The molecule has 2 atom stereocenters. The number of aliphatic hydroxyl groups is 1. The predicted molar refractivity (Wildman–Crippen MR) is 60.4 cm³/mol. The molecule has 0 radical (unpaired) electrons. The van der Waals surface area contributed by atoms with Crippen molar-refractivity contribution >= 4 is 11.5 Å². The van der Waals surface area contributed by atoms with Crippen molar-refractivity contribution in [3.63, 3.8) is 0 Å². The van der Waals surface area contributed by atoms with Gasteiger partial charge in [0.15, 0.2) is 5.65 Å². The zero-order valence-corrected chi connectivity index (χ0v) is 9.32. The molecule has 90 valence electrons. The van der Waals surface area contributed by atoms with Crippen LogP contribution >= 0.6 is 0 Å². The number of anilines is 1. The zero-order valence-electron chi connectivity index (χ0n) is 9.32. The number of rotatable bonds is 3. The van der Waals surface area contributed by atoms with Crippen molar-refractivity contribution in [1.29, 1.82) is 0 Å². The summed E-state index contributed by atoms with van der Waals surface area (Å²) in [5.41, 5.74) is 0.613. The van der Waals surface area contributed by atoms with Gasteiger partial charge in [-0.05, 0) is 23.3 Å². The fourth-order valence-corrected chi connectivity index (χ4v) is 2.29. The Morgan fingerprint density at radius 1 is 1.41 bits per heavy atom. The van der Waals surface area contributed by atoms with Gasteiger partial charge in [0.2, 0.25) is 0 Å². The van der Waals surface area contributed by atoms with Gasteiger partial charge >= 0.3 is 0 Å². The van der Waals surface area contributed by atoms with Crippen molar-refractivity contribution in [3.8, 4) is 0 Å². The van der Waals surface area contributed by atoms with E-state index in [1.807, 2.05) is 0 Å². The second-order valence-corrected chi connectivity index (χ2v) is 4.38. The van der Waals surface area contributed by atoms with E-state index in [9.17, 15) is 5.11 Å². The van der Waals surface area contributed by atoms with Gasteiger partial charge in [-0.15, -0.1) is 5.10 Å². The van der Waals surface area contributed by atoms with E-state index < -0.39 is 0 Å². The van der Waals surface area contributed by atoms with Crippen LogP contribution < -0.4 is 5.32 Å². The molecule has 2 heterocycles. The summed E-state index contributed by atoms with van der Waals surface area (Å²) in [7, 11) is 0. The molecule has 2 N–H and O–H groups in total. The van der Waals surface area contributed by atoms with Gasteiger partial charge < -0.3 is 10.4 Å². The molecule has 0 saturated heterocycles. The standard InChI is InChI=1S/C10H14N6O/c17-8-3-1-2-7(8)4-12-9-5-11-6-10-13-14-15-16(9)10/h5-8,12,17H,1-4H2. The number of nitrogens with zero attached hydrogens (tertiary/aromatic N) is 5. The van der Waals surface area contributed by atoms with Crippen LogP contribution in [0.15, 0.2) is 12.4 Å². The lowest BCUT2D eigenvalue weighted by Crippen LogP contribution is -2.22. The minimum atomic E-state index is -0.191. The third-order valence-corrected chi connectivity index (χ3v) is 3.27. The Labute approximate surface area is 97.9 Å². The fourth-order valence-electron chi connectivity index (χ4n) is 2.29. The number of fused-ring (bicyclic) bond motifs is 1. The van der Waals surface area contributed by atoms with Crippen LogP contribution in [-0.2, 0) is 0 Å². The maximum Gasteiger partial charge on any atom is 0.199 e. The van der Waals surface area contributed by atoms with Crippen LogP contribution in [0, 0.1) is 5.92 Å². The van der Waals surface area contributed by atoms with Crippen molar-refractivity contribution in [1.82, 2.24) is 25.0 Å². The summed E-state index contributed by atoms with van der Waals surface area (Å²) in [6.07, 6.45) is 6.16. The Hall–Kier alpha value is -1.76. The first-order valence-electron chi connectivity index (χ1n) is 5.78. The maximum absolute atomic E-state index is 9.74. The molecule has 2 unspecified atom stereocenters. The quantitative estimate of drug-likeness (QED) is 0.782. The monoisotopic (exact) mass is 234 g/mol. The van der Waals surface area contributed by atoms with Gasteiger partial charge in [-0.3, -0.25) is 4.98 Å². The Morgan fingerprint density at radius 3 is 3.18 bits per heavy atom. The predicted octanol–water partition coefficient (Wildman–Crippen LogP) is 0.0922. The van der Waals surface area contributed by atoms with Gasteiger partial charge in [0.05, 0.1) is 18.5 Å². The molecule has 2 aromatic heterocycles. The third-order valence-electron chi connectivity index (χ3n) is 3.27. The van der Waals surface area contributed by atoms with Gasteiger partial charge in [0, 0.05) is 12.5 Å². The summed E-state index contributed by atoms with van der Waals surface area (Å²) in [6.45, 7) is 0.724. The van der Waals surface area contributed by atoms with E-state index in [4.69, 9.17) is 0 Å². The molecule has 1 aliphatic carbocycles. The van der Waals surface area contributed by atoms with E-state index in [0.717, 1.165) is 31.6 Å². The normalized spacial score (nSPS) is 24.3. The first kappa shape index (κ1) is 10.4. The zero-order chi connectivity index (χ0) is 11.7. The van der Waals surface area contributed by atoms with E-state index >= 15 is 0 Å². The molecule has 17 heavy (non-hydrogen) atoms. The second-order valence-electron chi connectivity index (χ2n) is 4.38. The highest BCUT2D eigenvalue weighted by molar-refractivity contribution is 5.43. The molecule has 2 aromatic rings. The maximum atomic E-state index is 9.74. The lowest BCUT2D eigenvalue weighted by molar-refractivity contribution is 0.138. The van der Waals surface area contributed by atoms with Crippen LogP contribution in [0.3, 0.4) is 0 Å². The molecular formula is C10H14N6O. The highest BCUT2D eigenvalue weighted by Gasteiger charge is 2.24. The van der Waals surface area contributed by atoms with E-state index in [1.54, 1.807) is 16.9 Å². The number of nitrogens with one attached hydrogen (secondary N) is 1. The molecule has 1 saturated carbocycles. The Bertz CT molecular complexity index is 512. The number of aliphatic hydroxyl groups excluding tert-OH is 1. The molecule has 0 spiro atoms. The molecule has 3 rings (SSSR count). The average molecular weight is 234 g/mol. The summed E-state index contributed by atoms with van der Waals surface area (Å²) < 4.78 is 1.61. The summed E-state index contributed by atoms with van der Waals surface area (Å²) in [5, 5.41) is 24.3. The topological polar surface area (TPSA) is 88.2 Å². The van der Waals surface area contributed by atoms with Crippen molar-refractivity contribution in [2.75, 3.05) is 11.9 Å². The highest BCUT2D eigenvalue weighted by Crippen LogP contribution is 2.25. The van der Waals surface area contributed by atoms with Crippen molar-refractivity contribution in [2.45, 2.75) is 25.4 Å². The van der Waals surface area contributed by atoms with Crippen LogP contribution in [0.4, 0.5) is 5.82 Å². The second kappa shape index (κ2) is 4.25. The SMILES string of the molecule is OC1CCCC1CNc1cncc2nnnn12. The van der Waals surface area contributed by atoms with Crippen LogP contribution in [-0.4, -0.2) is 42.8 Å². The number of hydrogen-bond donors (Lipinski definition) is 2. The molecule has 0 bridgehead atoms. The number of tetrazole rings is 1. The van der Waals surface area contributed by atoms with Crippen molar-refractivity contribution < 1.29 is 5.11 Å². The average Bonchev–Trinajstić information content (AvgIpc) is 2.95. The van der Waals surface area contributed by atoms with Gasteiger partial charge in [0.25, 0.3) is 0 Å². The van der Waals surface area contributed by atoms with Crippen LogP contribution in [0.25, 0.3) is 5.65 Å². The number of aromatic nitrogens is 5. The van der Waals surface area contributed by atoms with Crippen molar-refractivity contribution in [2.24, 2.45) is 5.92 Å². The van der Waals surface area contributed by atoms with E-state index in [2.05, 4.69) is 25.8 Å². The molecule has 0 aliphatic heterocycles. The Morgan fingerprint density at radius 2 is 2.35 bits per heavy atom. The highest BCUT2D eigenvalue weighted by atomic mass is 16.3. The summed E-state index contributed by atoms with van der Waals surface area (Å²) in [5.74, 6) is 1.06. The van der Waals surface area contributed by atoms with Crippen LogP contribution in [0.2, 0.25) is 0 Å². The minimum Gasteiger partial charge on any atom is -0.393 e. The van der Waals surface area contributed by atoms with Gasteiger partial charge in [-0.2, -0.15) is 4.52 Å². The van der Waals surface area contributed by atoms with Crippen molar-refractivity contribution in [3.05, 3.63) is 12.4 Å². The fraction of sp³-hybridized carbons (Fsp3) is 0.600. The van der Waals surface area contributed by atoms with Crippen LogP contribution in [0.1, 0.15) is 19.3 Å². The lowest BCUT2D eigenvalue weighted by atomic mass is 10.1. The molecular weight excluding hydrogens is 220 g/mol. The Kier molecular flexibility index (Phi) is 2.60. The number of hydrogen-bond acceptors (Lipinski definition) is 6. The first-order chi connectivity index (χ1) is 8.34. The summed E-state index contributed by atoms with van der Waals surface area (Å²) in [4.78, 5) is 4.06. The van der Waals surface area contributed by atoms with E-state index in [0.29, 0.717) is 11.6 Å². The summed E-state index contributed by atoms with van der Waals surface area (Å²) in [6, 6.07) is 0. The molecule has 0 aromatic carbocycles. The molecule has 1 aliphatic rings. The Balaban J connectivity index is 1.74.